The smallest absolute Gasteiger partial charge is 0.247 e. The topological polar surface area (TPSA) is 102 Å². The van der Waals surface area contributed by atoms with Gasteiger partial charge in [0.2, 0.25) is 24.5 Å². The van der Waals surface area contributed by atoms with Crippen molar-refractivity contribution in [3.8, 4) is 11.5 Å². The standard InChI is InChI=1S/C18H21N3O5/c19-17(23)12-3-5-20(6-4-12)13-8-16(22)21(18(13)24)9-11-1-2-14-15(7-11)26-10-25-14/h1-2,7,12-13H,3-6,8-10H2,(H2,19,23)/t13-/m1/s1. The molecule has 3 aliphatic rings. The molecule has 2 N–H and O–H groups in total. The van der Waals surface area contributed by atoms with Crippen LogP contribution >= 0.6 is 0 Å². The Kier molecular flexibility index (Phi) is 4.28. The van der Waals surface area contributed by atoms with Crippen LogP contribution in [0.2, 0.25) is 0 Å². The minimum absolute atomic E-state index is 0.136. The molecule has 3 heterocycles. The lowest BCUT2D eigenvalue weighted by atomic mass is 9.95. The number of amides is 3. The molecule has 1 aromatic carbocycles. The second kappa shape index (κ2) is 6.60. The second-order valence-electron chi connectivity index (χ2n) is 6.94. The fourth-order valence-electron chi connectivity index (χ4n) is 3.83. The number of primary amides is 1. The number of nitrogens with two attached hydrogens (primary N) is 1. The molecule has 0 radical (unpaired) electrons. The molecule has 138 valence electrons. The second-order valence-corrected chi connectivity index (χ2v) is 6.94. The van der Waals surface area contributed by atoms with Gasteiger partial charge in [0.05, 0.1) is 19.0 Å². The molecular weight excluding hydrogens is 338 g/mol. The van der Waals surface area contributed by atoms with Crippen LogP contribution in [0.25, 0.3) is 0 Å². The van der Waals surface area contributed by atoms with Crippen molar-refractivity contribution >= 4 is 17.7 Å². The Bertz CT molecular complexity index is 757. The molecule has 0 bridgehead atoms. The van der Waals surface area contributed by atoms with Crippen LogP contribution in [0.15, 0.2) is 18.2 Å². The summed E-state index contributed by atoms with van der Waals surface area (Å²) in [5, 5.41) is 0. The molecule has 3 aliphatic heterocycles. The van der Waals surface area contributed by atoms with Gasteiger partial charge in [0.1, 0.15) is 0 Å². The Morgan fingerprint density at radius 1 is 1.15 bits per heavy atom. The average molecular weight is 359 g/mol. The third-order valence-electron chi connectivity index (χ3n) is 5.37. The van der Waals surface area contributed by atoms with Gasteiger partial charge in [0.15, 0.2) is 11.5 Å². The number of piperidine rings is 1. The fourth-order valence-corrected chi connectivity index (χ4v) is 3.83. The third-order valence-corrected chi connectivity index (χ3v) is 5.37. The molecule has 0 aliphatic carbocycles. The van der Waals surface area contributed by atoms with E-state index in [9.17, 15) is 14.4 Å². The normalized spacial score (nSPS) is 23.7. The van der Waals surface area contributed by atoms with Crippen molar-refractivity contribution in [2.45, 2.75) is 31.8 Å². The van der Waals surface area contributed by atoms with E-state index in [1.807, 2.05) is 11.0 Å². The summed E-state index contributed by atoms with van der Waals surface area (Å²) in [6.07, 6.45) is 1.45. The van der Waals surface area contributed by atoms with E-state index in [0.29, 0.717) is 37.4 Å². The number of ether oxygens (including phenoxy) is 2. The zero-order chi connectivity index (χ0) is 18.3. The highest BCUT2D eigenvalue weighted by Gasteiger charge is 2.43. The molecule has 8 heteroatoms. The molecule has 1 atom stereocenters. The van der Waals surface area contributed by atoms with E-state index in [4.69, 9.17) is 15.2 Å². The van der Waals surface area contributed by atoms with Gasteiger partial charge in [-0.1, -0.05) is 6.07 Å². The minimum atomic E-state index is -0.440. The van der Waals surface area contributed by atoms with Crippen LogP contribution in [-0.4, -0.2) is 53.4 Å². The summed E-state index contributed by atoms with van der Waals surface area (Å²) < 4.78 is 10.6. The van der Waals surface area contributed by atoms with Gasteiger partial charge in [0.25, 0.3) is 0 Å². The van der Waals surface area contributed by atoms with Crippen molar-refractivity contribution in [3.05, 3.63) is 23.8 Å². The largest absolute Gasteiger partial charge is 0.454 e. The molecule has 0 spiro atoms. The van der Waals surface area contributed by atoms with Gasteiger partial charge in [-0.15, -0.1) is 0 Å². The summed E-state index contributed by atoms with van der Waals surface area (Å²) in [6, 6.07) is 4.98. The van der Waals surface area contributed by atoms with Crippen LogP contribution in [0.1, 0.15) is 24.8 Å². The Morgan fingerprint density at radius 2 is 1.88 bits per heavy atom. The first kappa shape index (κ1) is 16.8. The molecule has 0 aromatic heterocycles. The lowest BCUT2D eigenvalue weighted by molar-refractivity contribution is -0.140. The van der Waals surface area contributed by atoms with Gasteiger partial charge in [0, 0.05) is 5.92 Å². The Morgan fingerprint density at radius 3 is 2.62 bits per heavy atom. The number of likely N-dealkylation sites (tertiary alicyclic amines) is 2. The van der Waals surface area contributed by atoms with E-state index >= 15 is 0 Å². The predicted octanol–water partition coefficient (Wildman–Crippen LogP) is 0.240. The van der Waals surface area contributed by atoms with E-state index in [1.165, 1.54) is 4.90 Å². The van der Waals surface area contributed by atoms with Gasteiger partial charge >= 0.3 is 0 Å². The number of carbonyl (C=O) groups excluding carboxylic acids is 3. The number of fused-ring (bicyclic) bond motifs is 1. The number of nitrogens with zero attached hydrogens (tertiary/aromatic N) is 2. The monoisotopic (exact) mass is 359 g/mol. The number of carbonyl (C=O) groups is 3. The van der Waals surface area contributed by atoms with Gasteiger partial charge < -0.3 is 15.2 Å². The van der Waals surface area contributed by atoms with Crippen LogP contribution in [0.3, 0.4) is 0 Å². The fraction of sp³-hybridized carbons (Fsp3) is 0.500. The summed E-state index contributed by atoms with van der Waals surface area (Å²) in [5.74, 6) is 0.528. The van der Waals surface area contributed by atoms with Crippen molar-refractivity contribution in [3.63, 3.8) is 0 Å². The number of imide groups is 1. The average Bonchev–Trinajstić information content (AvgIpc) is 3.21. The van der Waals surface area contributed by atoms with Crippen molar-refractivity contribution in [2.75, 3.05) is 19.9 Å². The van der Waals surface area contributed by atoms with Crippen molar-refractivity contribution in [1.29, 1.82) is 0 Å². The Balaban J connectivity index is 1.42. The van der Waals surface area contributed by atoms with Crippen LogP contribution in [0, 0.1) is 5.92 Å². The summed E-state index contributed by atoms with van der Waals surface area (Å²) >= 11 is 0. The zero-order valence-electron chi connectivity index (χ0n) is 14.3. The first-order valence-corrected chi connectivity index (χ1v) is 8.79. The van der Waals surface area contributed by atoms with Crippen LogP contribution in [0.4, 0.5) is 0 Å². The lowest BCUT2D eigenvalue weighted by Gasteiger charge is -2.33. The van der Waals surface area contributed by atoms with Crippen LogP contribution < -0.4 is 15.2 Å². The Labute approximate surface area is 150 Å². The van der Waals surface area contributed by atoms with Crippen LogP contribution in [0.5, 0.6) is 11.5 Å². The number of hydrogen-bond donors (Lipinski definition) is 1. The molecule has 3 amide bonds. The number of hydrogen-bond acceptors (Lipinski definition) is 6. The summed E-state index contributed by atoms with van der Waals surface area (Å²) in [5.41, 5.74) is 6.18. The van der Waals surface area contributed by atoms with Gasteiger partial charge in [-0.3, -0.25) is 24.2 Å². The van der Waals surface area contributed by atoms with Gasteiger partial charge in [-0.25, -0.2) is 0 Å². The highest BCUT2D eigenvalue weighted by Crippen LogP contribution is 2.33. The first-order chi connectivity index (χ1) is 12.5. The minimum Gasteiger partial charge on any atom is -0.454 e. The molecule has 2 saturated heterocycles. The molecule has 0 unspecified atom stereocenters. The molecule has 26 heavy (non-hydrogen) atoms. The maximum Gasteiger partial charge on any atom is 0.247 e. The van der Waals surface area contributed by atoms with Gasteiger partial charge in [-0.2, -0.15) is 0 Å². The maximum atomic E-state index is 12.8. The molecule has 8 nitrogen and oxygen atoms in total. The van der Waals surface area contributed by atoms with E-state index < -0.39 is 6.04 Å². The van der Waals surface area contributed by atoms with Crippen molar-refractivity contribution in [2.24, 2.45) is 11.7 Å². The number of benzene rings is 1. The predicted molar refractivity (Wildman–Crippen MR) is 90.0 cm³/mol. The maximum absolute atomic E-state index is 12.8. The van der Waals surface area contributed by atoms with E-state index in [-0.39, 0.29) is 43.4 Å². The Hall–Kier alpha value is -2.61. The quantitative estimate of drug-likeness (QED) is 0.773. The van der Waals surface area contributed by atoms with Crippen molar-refractivity contribution < 1.29 is 23.9 Å². The van der Waals surface area contributed by atoms with Crippen molar-refractivity contribution in [1.82, 2.24) is 9.80 Å². The lowest BCUT2D eigenvalue weighted by Crippen LogP contribution is -2.47. The van der Waals surface area contributed by atoms with E-state index in [1.54, 1.807) is 12.1 Å². The molecule has 1 aromatic rings. The third kappa shape index (κ3) is 3.01. The van der Waals surface area contributed by atoms with Crippen LogP contribution in [-0.2, 0) is 20.9 Å². The summed E-state index contributed by atoms with van der Waals surface area (Å²) in [7, 11) is 0. The van der Waals surface area contributed by atoms with E-state index in [2.05, 4.69) is 0 Å². The highest BCUT2D eigenvalue weighted by molar-refractivity contribution is 6.05. The number of rotatable bonds is 4. The molecule has 2 fully saturated rings. The summed E-state index contributed by atoms with van der Waals surface area (Å²) in [6.45, 7) is 1.62. The first-order valence-electron chi connectivity index (χ1n) is 8.79. The summed E-state index contributed by atoms with van der Waals surface area (Å²) in [4.78, 5) is 39.8. The SMILES string of the molecule is NC(=O)C1CCN([C@@H]2CC(=O)N(Cc3ccc4c(c3)OCO4)C2=O)CC1. The molecule has 0 saturated carbocycles. The molecule has 4 rings (SSSR count). The van der Waals surface area contributed by atoms with E-state index in [0.717, 1.165) is 5.56 Å². The zero-order valence-corrected chi connectivity index (χ0v) is 14.3. The molecular formula is C18H21N3O5. The van der Waals surface area contributed by atoms with Gasteiger partial charge in [-0.05, 0) is 43.6 Å². The highest BCUT2D eigenvalue weighted by atomic mass is 16.7.